The fourth-order valence-electron chi connectivity index (χ4n) is 2.15. The number of hydrogen-bond donors (Lipinski definition) is 2. The predicted molar refractivity (Wildman–Crippen MR) is 83.7 cm³/mol. The SMILES string of the molecule is CN(Cc1nnc(-c2ccccc2)o1)C(=O)CCc1n[nH]c(=O)[nH]1. The lowest BCUT2D eigenvalue weighted by atomic mass is 10.2. The molecule has 0 unspecified atom stereocenters. The largest absolute Gasteiger partial charge is 0.419 e. The van der Waals surface area contributed by atoms with Crippen molar-refractivity contribution in [3.8, 4) is 11.5 Å². The lowest BCUT2D eigenvalue weighted by Crippen LogP contribution is -2.26. The fraction of sp³-hybridized carbons (Fsp3) is 0.267. The highest BCUT2D eigenvalue weighted by atomic mass is 16.4. The van der Waals surface area contributed by atoms with Gasteiger partial charge in [-0.1, -0.05) is 18.2 Å². The van der Waals surface area contributed by atoms with Crippen LogP contribution in [0.3, 0.4) is 0 Å². The third-order valence-electron chi connectivity index (χ3n) is 3.41. The van der Waals surface area contributed by atoms with Gasteiger partial charge in [0.25, 0.3) is 0 Å². The summed E-state index contributed by atoms with van der Waals surface area (Å²) in [7, 11) is 1.65. The van der Waals surface area contributed by atoms with E-state index in [9.17, 15) is 9.59 Å². The summed E-state index contributed by atoms with van der Waals surface area (Å²) in [4.78, 5) is 27.0. The van der Waals surface area contributed by atoms with E-state index in [1.165, 1.54) is 4.90 Å². The molecule has 0 saturated carbocycles. The molecule has 0 fully saturated rings. The van der Waals surface area contributed by atoms with Gasteiger partial charge in [-0.15, -0.1) is 10.2 Å². The van der Waals surface area contributed by atoms with Crippen LogP contribution in [-0.2, 0) is 17.8 Å². The Labute approximate surface area is 136 Å². The summed E-state index contributed by atoms with van der Waals surface area (Å²) in [5.74, 6) is 1.11. The first-order valence-electron chi connectivity index (χ1n) is 7.37. The number of nitrogens with zero attached hydrogens (tertiary/aromatic N) is 4. The van der Waals surface area contributed by atoms with Crippen LogP contribution in [0, 0.1) is 0 Å². The maximum absolute atomic E-state index is 12.1. The first-order chi connectivity index (χ1) is 11.6. The number of nitrogens with one attached hydrogen (secondary N) is 2. The van der Waals surface area contributed by atoms with E-state index in [-0.39, 0.29) is 24.6 Å². The van der Waals surface area contributed by atoms with Gasteiger partial charge in [0.15, 0.2) is 0 Å². The van der Waals surface area contributed by atoms with Crippen molar-refractivity contribution in [1.82, 2.24) is 30.3 Å². The van der Waals surface area contributed by atoms with E-state index >= 15 is 0 Å². The fourth-order valence-corrected chi connectivity index (χ4v) is 2.15. The number of amides is 1. The maximum Gasteiger partial charge on any atom is 0.340 e. The number of carbonyl (C=O) groups is 1. The maximum atomic E-state index is 12.1. The van der Waals surface area contributed by atoms with E-state index < -0.39 is 0 Å². The van der Waals surface area contributed by atoms with Gasteiger partial charge in [-0.25, -0.2) is 9.89 Å². The van der Waals surface area contributed by atoms with Gasteiger partial charge in [0.1, 0.15) is 5.82 Å². The molecule has 9 heteroatoms. The molecule has 0 aliphatic heterocycles. The van der Waals surface area contributed by atoms with Crippen molar-refractivity contribution in [1.29, 1.82) is 0 Å². The third-order valence-corrected chi connectivity index (χ3v) is 3.41. The minimum Gasteiger partial charge on any atom is -0.419 e. The van der Waals surface area contributed by atoms with E-state index in [0.29, 0.717) is 24.0 Å². The number of benzene rings is 1. The van der Waals surface area contributed by atoms with Gasteiger partial charge in [-0.05, 0) is 12.1 Å². The molecule has 2 N–H and O–H groups in total. The van der Waals surface area contributed by atoms with Crippen LogP contribution >= 0.6 is 0 Å². The van der Waals surface area contributed by atoms with Gasteiger partial charge < -0.3 is 9.32 Å². The molecule has 9 nitrogen and oxygen atoms in total. The minimum atomic E-state index is -0.384. The molecule has 3 rings (SSSR count). The summed E-state index contributed by atoms with van der Waals surface area (Å²) in [6.45, 7) is 0.218. The van der Waals surface area contributed by atoms with Crippen molar-refractivity contribution in [2.75, 3.05) is 7.05 Å². The van der Waals surface area contributed by atoms with Crippen molar-refractivity contribution in [2.24, 2.45) is 0 Å². The number of hydrogen-bond acceptors (Lipinski definition) is 6. The Morgan fingerprint density at radius 2 is 2.04 bits per heavy atom. The second-order valence-corrected chi connectivity index (χ2v) is 5.24. The van der Waals surface area contributed by atoms with Gasteiger partial charge in [0.05, 0.1) is 6.54 Å². The average molecular weight is 328 g/mol. The zero-order valence-corrected chi connectivity index (χ0v) is 13.0. The Morgan fingerprint density at radius 3 is 2.75 bits per heavy atom. The summed E-state index contributed by atoms with van der Waals surface area (Å²) in [6, 6.07) is 9.41. The first-order valence-corrected chi connectivity index (χ1v) is 7.37. The Kier molecular flexibility index (Phi) is 4.50. The smallest absolute Gasteiger partial charge is 0.340 e. The molecule has 24 heavy (non-hydrogen) atoms. The zero-order chi connectivity index (χ0) is 16.9. The Balaban J connectivity index is 1.56. The highest BCUT2D eigenvalue weighted by Gasteiger charge is 2.15. The van der Waals surface area contributed by atoms with Crippen LogP contribution in [0.15, 0.2) is 39.5 Å². The molecular formula is C15H16N6O3. The minimum absolute atomic E-state index is 0.113. The lowest BCUT2D eigenvalue weighted by molar-refractivity contribution is -0.130. The molecule has 0 saturated heterocycles. The molecule has 0 radical (unpaired) electrons. The number of carbonyl (C=O) groups excluding carboxylic acids is 1. The van der Waals surface area contributed by atoms with Gasteiger partial charge in [0.2, 0.25) is 17.7 Å². The number of H-pyrrole nitrogens is 2. The van der Waals surface area contributed by atoms with Crippen molar-refractivity contribution in [2.45, 2.75) is 19.4 Å². The average Bonchev–Trinajstić information content (AvgIpc) is 3.22. The Bertz CT molecular complexity index is 866. The van der Waals surface area contributed by atoms with E-state index in [2.05, 4.69) is 25.4 Å². The van der Waals surface area contributed by atoms with Crippen LogP contribution in [0.25, 0.3) is 11.5 Å². The molecule has 1 amide bonds. The zero-order valence-electron chi connectivity index (χ0n) is 13.0. The number of aryl methyl sites for hydroxylation is 1. The molecule has 124 valence electrons. The van der Waals surface area contributed by atoms with Crippen LogP contribution in [-0.4, -0.2) is 43.2 Å². The van der Waals surface area contributed by atoms with E-state index in [1.807, 2.05) is 30.3 Å². The van der Waals surface area contributed by atoms with Crippen LogP contribution in [0.4, 0.5) is 0 Å². The second-order valence-electron chi connectivity index (χ2n) is 5.24. The van der Waals surface area contributed by atoms with E-state index in [4.69, 9.17) is 4.42 Å². The summed E-state index contributed by atoms with van der Waals surface area (Å²) < 4.78 is 5.58. The van der Waals surface area contributed by atoms with Gasteiger partial charge in [-0.3, -0.25) is 9.78 Å². The van der Waals surface area contributed by atoms with Crippen molar-refractivity contribution < 1.29 is 9.21 Å². The van der Waals surface area contributed by atoms with Crippen LogP contribution in [0.1, 0.15) is 18.1 Å². The van der Waals surface area contributed by atoms with Gasteiger partial charge in [0, 0.05) is 25.5 Å². The summed E-state index contributed by atoms with van der Waals surface area (Å²) in [6.07, 6.45) is 0.567. The molecule has 2 heterocycles. The Hall–Kier alpha value is -3.23. The monoisotopic (exact) mass is 328 g/mol. The first kappa shape index (κ1) is 15.7. The molecule has 0 bridgehead atoms. The van der Waals surface area contributed by atoms with E-state index in [1.54, 1.807) is 7.05 Å². The lowest BCUT2D eigenvalue weighted by Gasteiger charge is -2.14. The highest BCUT2D eigenvalue weighted by molar-refractivity contribution is 5.75. The standard InChI is InChI=1S/C15H16N6O3/c1-21(13(22)8-7-11-16-15(23)20-17-11)9-12-18-19-14(24-12)10-5-3-2-4-6-10/h2-6H,7-9H2,1H3,(H2,16,17,20,23). The molecule has 1 aromatic carbocycles. The normalized spacial score (nSPS) is 10.7. The molecule has 2 aromatic heterocycles. The Morgan fingerprint density at radius 1 is 1.25 bits per heavy atom. The molecular weight excluding hydrogens is 312 g/mol. The van der Waals surface area contributed by atoms with Crippen molar-refractivity contribution in [3.63, 3.8) is 0 Å². The van der Waals surface area contributed by atoms with Crippen LogP contribution in [0.2, 0.25) is 0 Å². The summed E-state index contributed by atoms with van der Waals surface area (Å²) >= 11 is 0. The van der Waals surface area contributed by atoms with Crippen LogP contribution < -0.4 is 5.69 Å². The van der Waals surface area contributed by atoms with Crippen LogP contribution in [0.5, 0.6) is 0 Å². The topological polar surface area (TPSA) is 121 Å². The number of aromatic nitrogens is 5. The molecule has 3 aromatic rings. The quantitative estimate of drug-likeness (QED) is 0.688. The molecule has 0 atom stereocenters. The number of aromatic amines is 2. The molecule has 0 aliphatic rings. The third kappa shape index (κ3) is 3.75. The van der Waals surface area contributed by atoms with E-state index in [0.717, 1.165) is 5.56 Å². The molecule has 0 spiro atoms. The van der Waals surface area contributed by atoms with Crippen molar-refractivity contribution in [3.05, 3.63) is 52.5 Å². The summed E-state index contributed by atoms with van der Waals surface area (Å²) in [5.41, 5.74) is 0.442. The van der Waals surface area contributed by atoms with Crippen molar-refractivity contribution >= 4 is 5.91 Å². The predicted octanol–water partition coefficient (Wildman–Crippen LogP) is 0.739. The van der Waals surface area contributed by atoms with Gasteiger partial charge >= 0.3 is 5.69 Å². The van der Waals surface area contributed by atoms with Gasteiger partial charge in [-0.2, -0.15) is 5.10 Å². The second kappa shape index (κ2) is 6.90. The highest BCUT2D eigenvalue weighted by Crippen LogP contribution is 2.17. The summed E-state index contributed by atoms with van der Waals surface area (Å²) in [5, 5.41) is 14.0. The number of rotatable bonds is 6. The molecule has 0 aliphatic carbocycles.